The van der Waals surface area contributed by atoms with Crippen LogP contribution in [0.2, 0.25) is 0 Å². The molecule has 1 aromatic carbocycles. The van der Waals surface area contributed by atoms with Gasteiger partial charge < -0.3 is 5.32 Å². The Morgan fingerprint density at radius 3 is 2.19 bits per heavy atom. The Morgan fingerprint density at radius 2 is 1.75 bits per heavy atom. The van der Waals surface area contributed by atoms with E-state index in [1.54, 1.807) is 0 Å². The van der Waals surface area contributed by atoms with Crippen LogP contribution in [-0.2, 0) is 16.6 Å². The maximum absolute atomic E-state index is 10.9. The lowest BCUT2D eigenvalue weighted by Gasteiger charge is -2.10. The van der Waals surface area contributed by atoms with Gasteiger partial charge >= 0.3 is 0 Å². The number of nitrogens with one attached hydrogen (secondary N) is 2. The fourth-order valence-corrected chi connectivity index (χ4v) is 1.70. The van der Waals surface area contributed by atoms with Crippen LogP contribution in [0.4, 0.5) is 5.69 Å². The van der Waals surface area contributed by atoms with Crippen LogP contribution < -0.4 is 10.0 Å². The minimum absolute atomic E-state index is 0.334. The Morgan fingerprint density at radius 1 is 1.19 bits per heavy atom. The third-order valence-electron chi connectivity index (χ3n) is 1.95. The lowest BCUT2D eigenvalue weighted by atomic mass is 10.2. The second-order valence-corrected chi connectivity index (χ2v) is 5.92. The van der Waals surface area contributed by atoms with E-state index in [1.807, 2.05) is 24.3 Å². The molecular weight excluding hydrogens is 224 g/mol. The fraction of sp³-hybridized carbons (Fsp3) is 0.455. The van der Waals surface area contributed by atoms with Crippen LogP contribution in [-0.4, -0.2) is 20.7 Å². The summed E-state index contributed by atoms with van der Waals surface area (Å²) in [5.41, 5.74) is 1.98. The molecule has 4 nitrogen and oxygen atoms in total. The molecule has 0 fully saturated rings. The van der Waals surface area contributed by atoms with Gasteiger partial charge in [0.15, 0.2) is 0 Å². The van der Waals surface area contributed by atoms with Crippen molar-refractivity contribution in [2.75, 3.05) is 11.6 Å². The van der Waals surface area contributed by atoms with Crippen molar-refractivity contribution in [1.82, 2.24) is 4.72 Å². The van der Waals surface area contributed by atoms with Gasteiger partial charge in [-0.3, -0.25) is 0 Å². The zero-order valence-electron chi connectivity index (χ0n) is 9.82. The Hall–Kier alpha value is -1.07. The first kappa shape index (κ1) is 13.0. The van der Waals surface area contributed by atoms with Crippen molar-refractivity contribution in [3.63, 3.8) is 0 Å². The summed E-state index contributed by atoms with van der Waals surface area (Å²) in [6.07, 6.45) is 1.15. The summed E-state index contributed by atoms with van der Waals surface area (Å²) in [6.45, 7) is 4.47. The monoisotopic (exact) mass is 242 g/mol. The molecule has 2 N–H and O–H groups in total. The summed E-state index contributed by atoms with van der Waals surface area (Å²) in [4.78, 5) is 0. The number of rotatable bonds is 5. The van der Waals surface area contributed by atoms with E-state index < -0.39 is 10.0 Å². The highest BCUT2D eigenvalue weighted by Crippen LogP contribution is 2.10. The number of hydrogen-bond acceptors (Lipinski definition) is 3. The standard InChI is InChI=1S/C11H18N2O2S/c1-9(2)13-11-6-4-10(5-7-11)8-12-16(3,14)15/h4-7,9,12-13H,8H2,1-3H3. The Bertz CT molecular complexity index is 424. The summed E-state index contributed by atoms with van der Waals surface area (Å²) < 4.78 is 24.2. The molecule has 0 heterocycles. The average Bonchev–Trinajstić information content (AvgIpc) is 2.14. The van der Waals surface area contributed by atoms with E-state index in [0.29, 0.717) is 12.6 Å². The van der Waals surface area contributed by atoms with E-state index in [0.717, 1.165) is 17.5 Å². The van der Waals surface area contributed by atoms with Crippen LogP contribution >= 0.6 is 0 Å². The lowest BCUT2D eigenvalue weighted by molar-refractivity contribution is 0.587. The predicted octanol–water partition coefficient (Wildman–Crippen LogP) is 1.56. The quantitative estimate of drug-likeness (QED) is 0.823. The maximum Gasteiger partial charge on any atom is 0.209 e. The minimum atomic E-state index is -3.12. The van der Waals surface area contributed by atoms with Crippen LogP contribution in [0.3, 0.4) is 0 Å². The molecule has 16 heavy (non-hydrogen) atoms. The van der Waals surface area contributed by atoms with E-state index in [1.165, 1.54) is 0 Å². The summed E-state index contributed by atoms with van der Waals surface area (Å²) in [7, 11) is -3.12. The summed E-state index contributed by atoms with van der Waals surface area (Å²) >= 11 is 0. The average molecular weight is 242 g/mol. The molecule has 0 amide bonds. The van der Waals surface area contributed by atoms with Crippen molar-refractivity contribution >= 4 is 15.7 Å². The number of sulfonamides is 1. The zero-order chi connectivity index (χ0) is 12.2. The van der Waals surface area contributed by atoms with E-state index in [9.17, 15) is 8.42 Å². The summed E-state index contributed by atoms with van der Waals surface area (Å²) in [5.74, 6) is 0. The van der Waals surface area contributed by atoms with Gasteiger partial charge in [0.2, 0.25) is 10.0 Å². The highest BCUT2D eigenvalue weighted by molar-refractivity contribution is 7.88. The third kappa shape index (κ3) is 5.14. The van der Waals surface area contributed by atoms with Gasteiger partial charge in [-0.1, -0.05) is 12.1 Å². The van der Waals surface area contributed by atoms with E-state index in [2.05, 4.69) is 23.9 Å². The number of benzene rings is 1. The van der Waals surface area contributed by atoms with Crippen LogP contribution in [0, 0.1) is 0 Å². The van der Waals surface area contributed by atoms with Crippen LogP contribution in [0.15, 0.2) is 24.3 Å². The third-order valence-corrected chi connectivity index (χ3v) is 2.62. The maximum atomic E-state index is 10.9. The molecule has 1 rings (SSSR count). The largest absolute Gasteiger partial charge is 0.383 e. The zero-order valence-corrected chi connectivity index (χ0v) is 10.6. The molecule has 0 aliphatic carbocycles. The smallest absolute Gasteiger partial charge is 0.209 e. The minimum Gasteiger partial charge on any atom is -0.383 e. The molecule has 0 saturated heterocycles. The molecule has 0 aromatic heterocycles. The van der Waals surface area contributed by atoms with Crippen molar-refractivity contribution in [3.8, 4) is 0 Å². The van der Waals surface area contributed by atoms with Gasteiger partial charge in [0.1, 0.15) is 0 Å². The first-order valence-corrected chi connectivity index (χ1v) is 7.06. The van der Waals surface area contributed by atoms with Gasteiger partial charge in [0, 0.05) is 18.3 Å². The molecule has 0 aliphatic heterocycles. The molecule has 0 radical (unpaired) electrons. The molecule has 5 heteroatoms. The van der Waals surface area contributed by atoms with Crippen LogP contribution in [0.25, 0.3) is 0 Å². The fourth-order valence-electron chi connectivity index (χ4n) is 1.27. The van der Waals surface area contributed by atoms with Crippen molar-refractivity contribution in [1.29, 1.82) is 0 Å². The summed E-state index contributed by atoms with van der Waals surface area (Å²) in [5, 5.41) is 3.27. The van der Waals surface area contributed by atoms with Gasteiger partial charge in [-0.15, -0.1) is 0 Å². The molecule has 90 valence electrons. The van der Waals surface area contributed by atoms with Gasteiger partial charge in [0.05, 0.1) is 6.26 Å². The van der Waals surface area contributed by atoms with Gasteiger partial charge in [-0.05, 0) is 31.5 Å². The normalized spacial score (nSPS) is 11.8. The molecule has 0 bridgehead atoms. The van der Waals surface area contributed by atoms with Gasteiger partial charge in [-0.2, -0.15) is 0 Å². The highest BCUT2D eigenvalue weighted by atomic mass is 32.2. The van der Waals surface area contributed by atoms with Crippen molar-refractivity contribution in [3.05, 3.63) is 29.8 Å². The second kappa shape index (κ2) is 5.32. The molecule has 1 aromatic rings. The van der Waals surface area contributed by atoms with E-state index >= 15 is 0 Å². The van der Waals surface area contributed by atoms with Crippen molar-refractivity contribution < 1.29 is 8.42 Å². The molecule has 0 atom stereocenters. The van der Waals surface area contributed by atoms with Crippen molar-refractivity contribution in [2.24, 2.45) is 0 Å². The first-order chi connectivity index (χ1) is 7.37. The van der Waals surface area contributed by atoms with Crippen LogP contribution in [0.5, 0.6) is 0 Å². The lowest BCUT2D eigenvalue weighted by Crippen LogP contribution is -2.21. The number of anilines is 1. The van der Waals surface area contributed by atoms with Gasteiger partial charge in [0.25, 0.3) is 0 Å². The predicted molar refractivity (Wildman–Crippen MR) is 66.9 cm³/mol. The molecular formula is C11H18N2O2S. The molecule has 0 unspecified atom stereocenters. The highest BCUT2D eigenvalue weighted by Gasteiger charge is 2.01. The Balaban J connectivity index is 2.58. The number of hydrogen-bond donors (Lipinski definition) is 2. The molecule has 0 saturated carbocycles. The SMILES string of the molecule is CC(C)Nc1ccc(CNS(C)(=O)=O)cc1. The van der Waals surface area contributed by atoms with Gasteiger partial charge in [-0.25, -0.2) is 13.1 Å². The molecule has 0 aliphatic rings. The Kier molecular flexibility index (Phi) is 4.32. The topological polar surface area (TPSA) is 58.2 Å². The van der Waals surface area contributed by atoms with Crippen molar-refractivity contribution in [2.45, 2.75) is 26.4 Å². The first-order valence-electron chi connectivity index (χ1n) is 5.17. The van der Waals surface area contributed by atoms with E-state index in [4.69, 9.17) is 0 Å². The molecule has 0 spiro atoms. The summed E-state index contributed by atoms with van der Waals surface area (Å²) in [6, 6.07) is 8.09. The van der Waals surface area contributed by atoms with Crippen LogP contribution in [0.1, 0.15) is 19.4 Å². The van der Waals surface area contributed by atoms with E-state index in [-0.39, 0.29) is 0 Å². The Labute approximate surface area is 97.1 Å². The second-order valence-electron chi connectivity index (χ2n) is 4.09.